The van der Waals surface area contributed by atoms with Gasteiger partial charge in [-0.3, -0.25) is 0 Å². The SMILES string of the molecule is Cc1ccc2c(c1)N(c1nc(N)ncc1Cl)CC21CCOC1.Nc1ncc(Cl)c(N2CC3(CCOC3)c3ccc(O)cc32)n1. The lowest BCUT2D eigenvalue weighted by molar-refractivity contribution is 0.180. The Morgan fingerprint density at radius 3 is 1.77 bits per heavy atom. The van der Waals surface area contributed by atoms with Gasteiger partial charge in [-0.1, -0.05) is 41.4 Å². The van der Waals surface area contributed by atoms with Gasteiger partial charge in [-0.05, 0) is 48.6 Å². The number of fused-ring (bicyclic) bond motifs is 4. The molecule has 0 amide bonds. The maximum atomic E-state index is 9.87. The van der Waals surface area contributed by atoms with Crippen molar-refractivity contribution in [2.75, 3.05) is 60.8 Å². The largest absolute Gasteiger partial charge is 0.508 e. The summed E-state index contributed by atoms with van der Waals surface area (Å²) in [5.41, 5.74) is 17.1. The molecule has 4 aliphatic heterocycles. The number of nitrogens with two attached hydrogens (primary N) is 2. The van der Waals surface area contributed by atoms with Crippen LogP contribution in [-0.4, -0.2) is 64.6 Å². The molecule has 0 bridgehead atoms. The molecule has 2 aromatic heterocycles. The summed E-state index contributed by atoms with van der Waals surface area (Å²) in [5.74, 6) is 1.84. The molecule has 0 saturated carbocycles. The van der Waals surface area contributed by atoms with Crippen LogP contribution in [0.15, 0.2) is 48.8 Å². The molecule has 4 aromatic rings. The van der Waals surface area contributed by atoms with Gasteiger partial charge in [0.1, 0.15) is 15.8 Å². The minimum absolute atomic E-state index is 0.0199. The third kappa shape index (κ3) is 4.84. The number of hydrogen-bond donors (Lipinski definition) is 3. The van der Waals surface area contributed by atoms with Gasteiger partial charge in [-0.2, -0.15) is 9.97 Å². The maximum Gasteiger partial charge on any atom is 0.222 e. The summed E-state index contributed by atoms with van der Waals surface area (Å²) in [4.78, 5) is 20.6. The first-order chi connectivity index (χ1) is 21.2. The number of nitrogens with zero attached hydrogens (tertiary/aromatic N) is 6. The monoisotopic (exact) mass is 634 g/mol. The number of phenolic OH excluding ortho intramolecular Hbond substituents is 1. The molecule has 2 spiro atoms. The number of benzene rings is 2. The maximum absolute atomic E-state index is 9.87. The van der Waals surface area contributed by atoms with E-state index in [1.807, 2.05) is 11.0 Å². The number of aryl methyl sites for hydroxylation is 1. The van der Waals surface area contributed by atoms with Crippen LogP contribution in [0.4, 0.5) is 34.9 Å². The van der Waals surface area contributed by atoms with Gasteiger partial charge in [0.05, 0.1) is 31.3 Å². The summed E-state index contributed by atoms with van der Waals surface area (Å²) in [6.45, 7) is 6.50. The number of nitrogen functional groups attached to an aromatic ring is 2. The van der Waals surface area contributed by atoms with Gasteiger partial charge < -0.3 is 35.8 Å². The van der Waals surface area contributed by atoms with Gasteiger partial charge in [0, 0.05) is 48.9 Å². The molecular formula is C31H32Cl2N8O3. The molecule has 0 aliphatic carbocycles. The van der Waals surface area contributed by atoms with Crippen LogP contribution in [0.2, 0.25) is 10.0 Å². The van der Waals surface area contributed by atoms with Gasteiger partial charge >= 0.3 is 0 Å². The predicted molar refractivity (Wildman–Crippen MR) is 170 cm³/mol. The number of aromatic nitrogens is 4. The van der Waals surface area contributed by atoms with Crippen LogP contribution < -0.4 is 21.3 Å². The average molecular weight is 636 g/mol. The Labute approximate surface area is 264 Å². The van der Waals surface area contributed by atoms with Crippen molar-refractivity contribution < 1.29 is 14.6 Å². The van der Waals surface area contributed by atoms with E-state index < -0.39 is 0 Å². The quantitative estimate of drug-likeness (QED) is 0.272. The van der Waals surface area contributed by atoms with Crippen molar-refractivity contribution >= 4 is 58.1 Å². The minimum atomic E-state index is -0.0912. The lowest BCUT2D eigenvalue weighted by Crippen LogP contribution is -2.32. The van der Waals surface area contributed by atoms with Crippen molar-refractivity contribution in [1.82, 2.24) is 19.9 Å². The summed E-state index contributed by atoms with van der Waals surface area (Å²) in [6, 6.07) is 11.9. The van der Waals surface area contributed by atoms with Crippen LogP contribution in [0.5, 0.6) is 5.75 Å². The summed E-state index contributed by atoms with van der Waals surface area (Å²) in [7, 11) is 0. The van der Waals surface area contributed by atoms with Crippen molar-refractivity contribution in [3.8, 4) is 5.75 Å². The minimum Gasteiger partial charge on any atom is -0.508 e. The fraction of sp³-hybridized carbons (Fsp3) is 0.355. The van der Waals surface area contributed by atoms with Crippen molar-refractivity contribution in [3.63, 3.8) is 0 Å². The number of phenols is 1. The fourth-order valence-corrected chi connectivity index (χ4v) is 7.23. The highest BCUT2D eigenvalue weighted by Crippen LogP contribution is 2.51. The fourth-order valence-electron chi connectivity index (χ4n) is 6.84. The summed E-state index contributed by atoms with van der Waals surface area (Å²) in [5, 5.41) is 10.8. The van der Waals surface area contributed by atoms with Gasteiger partial charge in [-0.15, -0.1) is 0 Å². The van der Waals surface area contributed by atoms with Gasteiger partial charge in [0.25, 0.3) is 0 Å². The average Bonchev–Trinajstić information content (AvgIpc) is 3.80. The van der Waals surface area contributed by atoms with Gasteiger partial charge in [0.15, 0.2) is 11.6 Å². The van der Waals surface area contributed by atoms with E-state index in [2.05, 4.69) is 50.0 Å². The zero-order valence-corrected chi connectivity index (χ0v) is 25.6. The van der Waals surface area contributed by atoms with E-state index >= 15 is 0 Å². The van der Waals surface area contributed by atoms with E-state index in [9.17, 15) is 5.11 Å². The first-order valence-corrected chi connectivity index (χ1v) is 15.1. The van der Waals surface area contributed by atoms with Crippen LogP contribution >= 0.6 is 23.2 Å². The molecule has 228 valence electrons. The second-order valence-electron chi connectivity index (χ2n) is 11.9. The lowest BCUT2D eigenvalue weighted by atomic mass is 9.81. The molecule has 6 heterocycles. The lowest BCUT2D eigenvalue weighted by Gasteiger charge is -2.24. The Balaban J connectivity index is 0.000000142. The standard InChI is InChI=1S/C16H17ClN4O.C15H15ClN4O2/c1-10-2-3-11-13(6-10)21(8-16(11)4-5-22-9-16)14-12(17)7-19-15(18)20-14;16-11-6-18-14(17)19-13(11)20-7-15(3-4-22-8-15)10-2-1-9(21)5-12(10)20/h2-3,6-7H,4-5,8-9H2,1H3,(H2,18,19,20);1-2,5-6,21H,3-4,7-8H2,(H2,17,18,19). The molecular weight excluding hydrogens is 603 g/mol. The highest BCUT2D eigenvalue weighted by Gasteiger charge is 2.48. The van der Waals surface area contributed by atoms with Crippen LogP contribution in [-0.2, 0) is 20.3 Å². The molecule has 5 N–H and O–H groups in total. The smallest absolute Gasteiger partial charge is 0.222 e. The molecule has 4 aliphatic rings. The van der Waals surface area contributed by atoms with Crippen LogP contribution in [0.1, 0.15) is 29.5 Å². The molecule has 2 saturated heterocycles. The van der Waals surface area contributed by atoms with Crippen molar-refractivity contribution in [1.29, 1.82) is 0 Å². The predicted octanol–water partition coefficient (Wildman–Crippen LogP) is 5.06. The third-order valence-corrected chi connectivity index (χ3v) is 9.52. The van der Waals surface area contributed by atoms with Crippen LogP contribution in [0, 0.1) is 6.92 Å². The number of ether oxygens (including phenoxy) is 2. The molecule has 2 aromatic carbocycles. The number of hydrogen-bond acceptors (Lipinski definition) is 11. The van der Waals surface area contributed by atoms with E-state index in [4.69, 9.17) is 44.1 Å². The molecule has 0 radical (unpaired) electrons. The van der Waals surface area contributed by atoms with E-state index in [0.29, 0.717) is 34.8 Å². The second-order valence-corrected chi connectivity index (χ2v) is 12.7. The first kappa shape index (κ1) is 28.8. The molecule has 13 heteroatoms. The van der Waals surface area contributed by atoms with E-state index in [0.717, 1.165) is 56.1 Å². The second kappa shape index (κ2) is 10.9. The number of halogens is 2. The summed E-state index contributed by atoms with van der Waals surface area (Å²) in [6.07, 6.45) is 5.00. The molecule has 2 unspecified atom stereocenters. The summed E-state index contributed by atoms with van der Waals surface area (Å²) < 4.78 is 11.3. The summed E-state index contributed by atoms with van der Waals surface area (Å²) >= 11 is 12.6. The Hall–Kier alpha value is -3.90. The number of rotatable bonds is 2. The third-order valence-electron chi connectivity index (χ3n) is 8.99. The van der Waals surface area contributed by atoms with E-state index in [1.54, 1.807) is 18.3 Å². The number of aromatic hydroxyl groups is 1. The first-order valence-electron chi connectivity index (χ1n) is 14.4. The highest BCUT2D eigenvalue weighted by atomic mass is 35.5. The topological polar surface area (TPSA) is 149 Å². The van der Waals surface area contributed by atoms with E-state index in [1.165, 1.54) is 17.3 Å². The molecule has 44 heavy (non-hydrogen) atoms. The molecule has 2 atom stereocenters. The van der Waals surface area contributed by atoms with Crippen molar-refractivity contribution in [2.24, 2.45) is 0 Å². The van der Waals surface area contributed by atoms with Crippen molar-refractivity contribution in [2.45, 2.75) is 30.6 Å². The molecule has 2 fully saturated rings. The van der Waals surface area contributed by atoms with E-state index in [-0.39, 0.29) is 28.5 Å². The van der Waals surface area contributed by atoms with Gasteiger partial charge in [-0.25, -0.2) is 9.97 Å². The van der Waals surface area contributed by atoms with Gasteiger partial charge in [0.2, 0.25) is 11.9 Å². The zero-order valence-electron chi connectivity index (χ0n) is 24.1. The Morgan fingerprint density at radius 1 is 0.773 bits per heavy atom. The Bertz CT molecular complexity index is 1620. The molecule has 8 rings (SSSR count). The number of anilines is 6. The van der Waals surface area contributed by atoms with Crippen LogP contribution in [0.3, 0.4) is 0 Å². The highest BCUT2D eigenvalue weighted by molar-refractivity contribution is 6.33. The Kier molecular flexibility index (Phi) is 7.16. The zero-order chi connectivity index (χ0) is 30.6. The normalized spacial score (nSPS) is 23.2. The van der Waals surface area contributed by atoms with Crippen LogP contribution in [0.25, 0.3) is 0 Å². The molecule has 11 nitrogen and oxygen atoms in total. The Morgan fingerprint density at radius 2 is 1.27 bits per heavy atom. The van der Waals surface area contributed by atoms with Crippen molar-refractivity contribution in [3.05, 3.63) is 75.5 Å².